The van der Waals surface area contributed by atoms with Crippen molar-refractivity contribution in [2.75, 3.05) is 11.9 Å². The fourth-order valence-electron chi connectivity index (χ4n) is 1.84. The van der Waals surface area contributed by atoms with Gasteiger partial charge in [0.2, 0.25) is 0 Å². The van der Waals surface area contributed by atoms with Crippen molar-refractivity contribution in [2.24, 2.45) is 0 Å². The van der Waals surface area contributed by atoms with E-state index in [2.05, 4.69) is 34.8 Å². The molecular weight excluding hydrogens is 377 g/mol. The molecule has 0 fully saturated rings. The lowest BCUT2D eigenvalue weighted by atomic mass is 10.2. The Hall–Kier alpha value is -1.56. The van der Waals surface area contributed by atoms with Gasteiger partial charge in [0.25, 0.3) is 5.91 Å². The summed E-state index contributed by atoms with van der Waals surface area (Å²) in [6.07, 6.45) is 2.13. The van der Waals surface area contributed by atoms with Crippen molar-refractivity contribution in [2.45, 2.75) is 19.8 Å². The van der Waals surface area contributed by atoms with Crippen LogP contribution in [0.15, 0.2) is 48.5 Å². The van der Waals surface area contributed by atoms with Crippen LogP contribution < -0.4 is 10.1 Å². The van der Waals surface area contributed by atoms with Crippen LogP contribution in [0.2, 0.25) is 0 Å². The minimum atomic E-state index is -0.106. The molecule has 4 heteroatoms. The zero-order valence-electron chi connectivity index (χ0n) is 11.9. The summed E-state index contributed by atoms with van der Waals surface area (Å²) in [4.78, 5) is 12.2. The minimum Gasteiger partial charge on any atom is -0.494 e. The number of anilines is 1. The molecule has 0 unspecified atom stereocenters. The van der Waals surface area contributed by atoms with Crippen molar-refractivity contribution in [3.63, 3.8) is 0 Å². The molecule has 0 heterocycles. The smallest absolute Gasteiger partial charge is 0.256 e. The van der Waals surface area contributed by atoms with Gasteiger partial charge >= 0.3 is 0 Å². The number of benzene rings is 2. The summed E-state index contributed by atoms with van der Waals surface area (Å²) in [5.41, 5.74) is 1.42. The second-order valence-electron chi connectivity index (χ2n) is 4.66. The molecule has 21 heavy (non-hydrogen) atoms. The number of unbranched alkanes of at least 4 members (excludes halogenated alkanes) is 1. The summed E-state index contributed by atoms with van der Waals surface area (Å²) in [5.74, 6) is 0.676. The van der Waals surface area contributed by atoms with Crippen molar-refractivity contribution in [3.05, 3.63) is 57.7 Å². The number of ether oxygens (including phenoxy) is 1. The van der Waals surface area contributed by atoms with Crippen LogP contribution in [0.3, 0.4) is 0 Å². The SMILES string of the molecule is CCCCOc1cccc(NC(=O)c2ccccc2I)c1. The van der Waals surface area contributed by atoms with Crippen LogP contribution in [0.25, 0.3) is 0 Å². The van der Waals surface area contributed by atoms with Gasteiger partial charge in [-0.05, 0) is 53.3 Å². The van der Waals surface area contributed by atoms with E-state index in [-0.39, 0.29) is 5.91 Å². The van der Waals surface area contributed by atoms with Gasteiger partial charge in [0.1, 0.15) is 5.75 Å². The number of hydrogen-bond donors (Lipinski definition) is 1. The Morgan fingerprint density at radius 1 is 1.19 bits per heavy atom. The summed E-state index contributed by atoms with van der Waals surface area (Å²) in [6, 6.07) is 15.0. The van der Waals surface area contributed by atoms with Gasteiger partial charge in [0.15, 0.2) is 0 Å². The van der Waals surface area contributed by atoms with E-state index in [1.807, 2.05) is 48.5 Å². The first-order chi connectivity index (χ1) is 10.2. The van der Waals surface area contributed by atoms with Gasteiger partial charge in [0, 0.05) is 15.3 Å². The third kappa shape index (κ3) is 4.74. The number of hydrogen-bond acceptors (Lipinski definition) is 2. The highest BCUT2D eigenvalue weighted by Crippen LogP contribution is 2.19. The van der Waals surface area contributed by atoms with Crippen LogP contribution in [0.1, 0.15) is 30.1 Å². The minimum absolute atomic E-state index is 0.106. The molecule has 0 atom stereocenters. The third-order valence-electron chi connectivity index (χ3n) is 2.98. The third-order valence-corrected chi connectivity index (χ3v) is 3.92. The first kappa shape index (κ1) is 15.8. The van der Waals surface area contributed by atoms with E-state index in [1.165, 1.54) is 0 Å². The number of rotatable bonds is 6. The molecule has 0 aliphatic rings. The number of halogens is 1. The molecule has 0 radical (unpaired) electrons. The summed E-state index contributed by atoms with van der Waals surface area (Å²) in [6.45, 7) is 2.83. The van der Waals surface area contributed by atoms with Crippen LogP contribution >= 0.6 is 22.6 Å². The molecule has 0 aliphatic heterocycles. The highest BCUT2D eigenvalue weighted by atomic mass is 127. The topological polar surface area (TPSA) is 38.3 Å². The summed E-state index contributed by atoms with van der Waals surface area (Å²) in [5, 5.41) is 2.91. The van der Waals surface area contributed by atoms with Gasteiger partial charge in [-0.15, -0.1) is 0 Å². The molecule has 0 aromatic heterocycles. The van der Waals surface area contributed by atoms with Crippen molar-refractivity contribution >= 4 is 34.2 Å². The van der Waals surface area contributed by atoms with Crippen LogP contribution in [-0.2, 0) is 0 Å². The van der Waals surface area contributed by atoms with E-state index in [4.69, 9.17) is 4.74 Å². The normalized spacial score (nSPS) is 10.2. The van der Waals surface area contributed by atoms with E-state index in [0.717, 1.165) is 27.8 Å². The Kier molecular flexibility index (Phi) is 6.04. The van der Waals surface area contributed by atoms with Crippen molar-refractivity contribution in [1.82, 2.24) is 0 Å². The summed E-state index contributed by atoms with van der Waals surface area (Å²) in [7, 11) is 0. The quantitative estimate of drug-likeness (QED) is 0.568. The zero-order chi connectivity index (χ0) is 15.1. The Morgan fingerprint density at radius 2 is 2.00 bits per heavy atom. The number of amides is 1. The lowest BCUT2D eigenvalue weighted by molar-refractivity contribution is 0.102. The maximum atomic E-state index is 12.2. The predicted octanol–water partition coefficient (Wildman–Crippen LogP) is 4.72. The van der Waals surface area contributed by atoms with Crippen molar-refractivity contribution in [1.29, 1.82) is 0 Å². The van der Waals surface area contributed by atoms with E-state index in [1.54, 1.807) is 0 Å². The molecule has 0 spiro atoms. The first-order valence-corrected chi connectivity index (χ1v) is 8.07. The predicted molar refractivity (Wildman–Crippen MR) is 94.0 cm³/mol. The molecule has 110 valence electrons. The van der Waals surface area contributed by atoms with E-state index in [9.17, 15) is 4.79 Å². The van der Waals surface area contributed by atoms with Crippen LogP contribution in [0.4, 0.5) is 5.69 Å². The lowest BCUT2D eigenvalue weighted by Gasteiger charge is -2.09. The van der Waals surface area contributed by atoms with Gasteiger partial charge < -0.3 is 10.1 Å². The zero-order valence-corrected chi connectivity index (χ0v) is 14.1. The van der Waals surface area contributed by atoms with Gasteiger partial charge in [-0.2, -0.15) is 0 Å². The molecule has 0 bridgehead atoms. The molecule has 2 aromatic rings. The number of carbonyl (C=O) groups is 1. The molecule has 2 aromatic carbocycles. The second-order valence-corrected chi connectivity index (χ2v) is 5.83. The molecule has 3 nitrogen and oxygen atoms in total. The Morgan fingerprint density at radius 3 is 2.76 bits per heavy atom. The average molecular weight is 395 g/mol. The Balaban J connectivity index is 2.04. The van der Waals surface area contributed by atoms with Crippen LogP contribution in [0.5, 0.6) is 5.75 Å². The molecule has 2 rings (SSSR count). The molecule has 1 amide bonds. The maximum Gasteiger partial charge on any atom is 0.256 e. The van der Waals surface area contributed by atoms with Crippen LogP contribution in [0, 0.1) is 3.57 Å². The highest BCUT2D eigenvalue weighted by molar-refractivity contribution is 14.1. The highest BCUT2D eigenvalue weighted by Gasteiger charge is 2.09. The second kappa shape index (κ2) is 8.02. The summed E-state index contributed by atoms with van der Waals surface area (Å²) >= 11 is 2.16. The van der Waals surface area contributed by atoms with E-state index >= 15 is 0 Å². The van der Waals surface area contributed by atoms with Gasteiger partial charge in [0.05, 0.1) is 12.2 Å². The number of carbonyl (C=O) groups excluding carboxylic acids is 1. The first-order valence-electron chi connectivity index (χ1n) is 6.99. The molecule has 0 aliphatic carbocycles. The monoisotopic (exact) mass is 395 g/mol. The Labute approximate surface area is 138 Å². The lowest BCUT2D eigenvalue weighted by Crippen LogP contribution is -2.13. The standard InChI is InChI=1S/C17H18INO2/c1-2-3-11-21-14-8-6-7-13(12-14)19-17(20)15-9-4-5-10-16(15)18/h4-10,12H,2-3,11H2,1H3,(H,19,20). The van der Waals surface area contributed by atoms with E-state index in [0.29, 0.717) is 12.2 Å². The summed E-state index contributed by atoms with van der Waals surface area (Å²) < 4.78 is 6.58. The van der Waals surface area contributed by atoms with Crippen molar-refractivity contribution in [3.8, 4) is 5.75 Å². The maximum absolute atomic E-state index is 12.2. The average Bonchev–Trinajstić information content (AvgIpc) is 2.48. The van der Waals surface area contributed by atoms with Gasteiger partial charge in [-0.25, -0.2) is 0 Å². The molecule has 1 N–H and O–H groups in total. The molecule has 0 saturated heterocycles. The Bertz CT molecular complexity index is 613. The molecule has 0 saturated carbocycles. The van der Waals surface area contributed by atoms with Crippen LogP contribution in [-0.4, -0.2) is 12.5 Å². The fraction of sp³-hybridized carbons (Fsp3) is 0.235. The molecular formula is C17H18INO2. The van der Waals surface area contributed by atoms with Crippen molar-refractivity contribution < 1.29 is 9.53 Å². The fourth-order valence-corrected chi connectivity index (χ4v) is 2.47. The largest absolute Gasteiger partial charge is 0.494 e. The van der Waals surface area contributed by atoms with Gasteiger partial charge in [-0.3, -0.25) is 4.79 Å². The van der Waals surface area contributed by atoms with E-state index < -0.39 is 0 Å². The van der Waals surface area contributed by atoms with Gasteiger partial charge in [-0.1, -0.05) is 31.5 Å². The number of nitrogens with one attached hydrogen (secondary N) is 1.